The van der Waals surface area contributed by atoms with Crippen molar-refractivity contribution in [1.82, 2.24) is 10.2 Å². The van der Waals surface area contributed by atoms with Crippen molar-refractivity contribution in [2.75, 3.05) is 52.8 Å². The number of likely N-dealkylation sites (N-methyl/N-ethyl adjacent to an activating group) is 1. The van der Waals surface area contributed by atoms with Gasteiger partial charge in [-0.3, -0.25) is 9.89 Å². The third kappa shape index (κ3) is 7.25. The molecule has 1 atom stereocenters. The summed E-state index contributed by atoms with van der Waals surface area (Å²) in [6.45, 7) is 4.70. The Kier molecular flexibility index (Phi) is 9.37. The molecule has 1 aromatic heterocycles. The molecule has 2 N–H and O–H groups in total. The molecule has 1 aromatic carbocycles. The van der Waals surface area contributed by atoms with E-state index in [1.807, 2.05) is 57.4 Å². The van der Waals surface area contributed by atoms with Crippen molar-refractivity contribution < 1.29 is 13.9 Å². The molecule has 0 bridgehead atoms. The molecule has 0 saturated carbocycles. The number of aliphatic imine (C=N–C) groups is 1. The first kappa shape index (κ1) is 21.8. The number of nitrogens with zero attached hydrogens (tertiary/aromatic N) is 2. The van der Waals surface area contributed by atoms with E-state index >= 15 is 0 Å². The summed E-state index contributed by atoms with van der Waals surface area (Å²) in [6, 6.07) is 11.8. The predicted molar refractivity (Wildman–Crippen MR) is 113 cm³/mol. The van der Waals surface area contributed by atoms with Crippen LogP contribution in [0, 0.1) is 0 Å². The van der Waals surface area contributed by atoms with E-state index in [4.69, 9.17) is 18.9 Å². The van der Waals surface area contributed by atoms with E-state index in [1.54, 1.807) is 13.4 Å². The maximum Gasteiger partial charge on any atom is 0.195 e. The first-order chi connectivity index (χ1) is 13.6. The first-order valence-electron chi connectivity index (χ1n) is 9.61. The molecule has 0 radical (unpaired) electrons. The summed E-state index contributed by atoms with van der Waals surface area (Å²) in [5, 5.41) is 6.63. The minimum Gasteiger partial charge on any atom is -0.493 e. The molecule has 0 aliphatic heterocycles. The van der Waals surface area contributed by atoms with Gasteiger partial charge < -0.3 is 24.5 Å². The number of furan rings is 1. The van der Waals surface area contributed by atoms with Crippen LogP contribution in [0.25, 0.3) is 0 Å². The maximum atomic E-state index is 5.77. The minimum absolute atomic E-state index is 0.0703. The maximum absolute atomic E-state index is 5.77. The third-order valence-electron chi connectivity index (χ3n) is 4.12. The van der Waals surface area contributed by atoms with Crippen molar-refractivity contribution in [3.05, 3.63) is 48.4 Å². The van der Waals surface area contributed by atoms with Gasteiger partial charge >= 0.3 is 0 Å². The Morgan fingerprint density at radius 1 is 1.21 bits per heavy atom. The average molecular weight is 389 g/mol. The topological polar surface area (TPSA) is 71.3 Å². The van der Waals surface area contributed by atoms with Gasteiger partial charge in [0.25, 0.3) is 0 Å². The summed E-state index contributed by atoms with van der Waals surface area (Å²) < 4.78 is 16.4. The first-order valence-corrected chi connectivity index (χ1v) is 9.61. The van der Waals surface area contributed by atoms with Gasteiger partial charge in [-0.05, 0) is 45.3 Å². The molecule has 0 amide bonds. The number of ether oxygens (including phenoxy) is 2. The number of nitrogens with one attached hydrogen (secondary N) is 2. The van der Waals surface area contributed by atoms with Crippen molar-refractivity contribution in [3.63, 3.8) is 0 Å². The number of hydrogen-bond acceptors (Lipinski definition) is 5. The van der Waals surface area contributed by atoms with Crippen LogP contribution in [0.5, 0.6) is 5.75 Å². The molecule has 1 heterocycles. The fraction of sp³-hybridized carbons (Fsp3) is 0.476. The normalized spacial score (nSPS) is 12.8. The van der Waals surface area contributed by atoms with E-state index in [9.17, 15) is 0 Å². The molecule has 1 unspecified atom stereocenters. The molecule has 28 heavy (non-hydrogen) atoms. The number of hydrogen-bond donors (Lipinski definition) is 2. The largest absolute Gasteiger partial charge is 0.493 e. The zero-order chi connectivity index (χ0) is 20.2. The Hall–Kier alpha value is -2.51. The number of guanidine groups is 1. The standard InChI is InChI=1S/C21H32N4O3/c1-5-22-21(23-16-19(25(2)3)20-11-7-13-28-20)24-17-9-6-10-18(15-17)27-14-8-12-26-4/h6-7,9-11,13,15,19H,5,8,12,14,16H2,1-4H3,(H2,22,23,24). The average Bonchev–Trinajstić information content (AvgIpc) is 3.20. The Bertz CT molecular complexity index is 701. The van der Waals surface area contributed by atoms with Crippen molar-refractivity contribution in [2.24, 2.45) is 4.99 Å². The van der Waals surface area contributed by atoms with Gasteiger partial charge in [-0.1, -0.05) is 6.07 Å². The van der Waals surface area contributed by atoms with Crippen molar-refractivity contribution in [2.45, 2.75) is 19.4 Å². The van der Waals surface area contributed by atoms with Gasteiger partial charge in [0.05, 0.1) is 25.5 Å². The van der Waals surface area contributed by atoms with Gasteiger partial charge in [-0.2, -0.15) is 0 Å². The molecule has 0 saturated heterocycles. The summed E-state index contributed by atoms with van der Waals surface area (Å²) in [7, 11) is 5.74. The lowest BCUT2D eigenvalue weighted by atomic mass is 10.2. The molecular formula is C21H32N4O3. The molecule has 2 rings (SSSR count). The van der Waals surface area contributed by atoms with Crippen molar-refractivity contribution in [1.29, 1.82) is 0 Å². The fourth-order valence-corrected chi connectivity index (χ4v) is 2.67. The van der Waals surface area contributed by atoms with Crippen LogP contribution >= 0.6 is 0 Å². The SMILES string of the molecule is CCNC(=NCC(c1ccco1)N(C)C)Nc1cccc(OCCCOC)c1. The number of rotatable bonds is 11. The number of anilines is 1. The second-order valence-corrected chi connectivity index (χ2v) is 6.56. The van der Waals surface area contributed by atoms with Gasteiger partial charge in [0, 0.05) is 38.4 Å². The Balaban J connectivity index is 2.02. The molecule has 0 aliphatic rings. The molecule has 0 spiro atoms. The Labute approximate surface area is 167 Å². The Morgan fingerprint density at radius 3 is 2.75 bits per heavy atom. The zero-order valence-corrected chi connectivity index (χ0v) is 17.3. The lowest BCUT2D eigenvalue weighted by Crippen LogP contribution is -2.32. The minimum atomic E-state index is 0.0703. The van der Waals surface area contributed by atoms with Crippen LogP contribution in [0.15, 0.2) is 52.1 Å². The summed E-state index contributed by atoms with van der Waals surface area (Å²) in [5.41, 5.74) is 0.920. The molecule has 7 heteroatoms. The van der Waals surface area contributed by atoms with Crippen molar-refractivity contribution >= 4 is 11.6 Å². The Morgan fingerprint density at radius 2 is 2.07 bits per heavy atom. The molecule has 0 fully saturated rings. The summed E-state index contributed by atoms with van der Waals surface area (Å²) in [5.74, 6) is 2.44. The molecule has 154 valence electrons. The summed E-state index contributed by atoms with van der Waals surface area (Å²) in [4.78, 5) is 6.84. The molecule has 7 nitrogen and oxygen atoms in total. The second-order valence-electron chi connectivity index (χ2n) is 6.56. The molecular weight excluding hydrogens is 356 g/mol. The van der Waals surface area contributed by atoms with Crippen LogP contribution in [0.2, 0.25) is 0 Å². The van der Waals surface area contributed by atoms with Gasteiger partial charge in [-0.25, -0.2) is 0 Å². The second kappa shape index (κ2) is 12.0. The van der Waals surface area contributed by atoms with E-state index < -0.39 is 0 Å². The van der Waals surface area contributed by atoms with Gasteiger partial charge in [-0.15, -0.1) is 0 Å². The monoisotopic (exact) mass is 388 g/mol. The van der Waals surface area contributed by atoms with Crippen LogP contribution in [-0.4, -0.2) is 58.4 Å². The highest BCUT2D eigenvalue weighted by Crippen LogP contribution is 2.20. The molecule has 0 aliphatic carbocycles. The van der Waals surface area contributed by atoms with Crippen molar-refractivity contribution in [3.8, 4) is 5.75 Å². The van der Waals surface area contributed by atoms with Crippen LogP contribution in [-0.2, 0) is 4.74 Å². The molecule has 2 aromatic rings. The smallest absolute Gasteiger partial charge is 0.195 e. The summed E-state index contributed by atoms with van der Waals surface area (Å²) >= 11 is 0. The van der Waals surface area contributed by atoms with Crippen LogP contribution in [0.1, 0.15) is 25.1 Å². The van der Waals surface area contributed by atoms with Crippen LogP contribution in [0.3, 0.4) is 0 Å². The fourth-order valence-electron chi connectivity index (χ4n) is 2.67. The van der Waals surface area contributed by atoms with E-state index in [0.717, 1.165) is 36.1 Å². The quantitative estimate of drug-likeness (QED) is 0.349. The lowest BCUT2D eigenvalue weighted by molar-refractivity contribution is 0.172. The highest BCUT2D eigenvalue weighted by atomic mass is 16.5. The van der Waals surface area contributed by atoms with Gasteiger partial charge in [0.1, 0.15) is 11.5 Å². The highest BCUT2D eigenvalue weighted by Gasteiger charge is 2.16. The van der Waals surface area contributed by atoms with Gasteiger partial charge in [0.2, 0.25) is 0 Å². The zero-order valence-electron chi connectivity index (χ0n) is 17.3. The summed E-state index contributed by atoms with van der Waals surface area (Å²) in [6.07, 6.45) is 2.55. The van der Waals surface area contributed by atoms with Crippen LogP contribution in [0.4, 0.5) is 5.69 Å². The number of methoxy groups -OCH3 is 1. The van der Waals surface area contributed by atoms with Gasteiger partial charge in [0.15, 0.2) is 5.96 Å². The third-order valence-corrected chi connectivity index (χ3v) is 4.12. The van der Waals surface area contributed by atoms with E-state index in [1.165, 1.54) is 0 Å². The van der Waals surface area contributed by atoms with E-state index in [-0.39, 0.29) is 6.04 Å². The predicted octanol–water partition coefficient (Wildman–Crippen LogP) is 3.38. The van der Waals surface area contributed by atoms with E-state index in [0.29, 0.717) is 19.8 Å². The lowest BCUT2D eigenvalue weighted by Gasteiger charge is -2.21. The highest BCUT2D eigenvalue weighted by molar-refractivity contribution is 5.93. The van der Waals surface area contributed by atoms with E-state index in [2.05, 4.69) is 15.5 Å². The van der Waals surface area contributed by atoms with Crippen LogP contribution < -0.4 is 15.4 Å². The number of benzene rings is 1.